The molecule has 2 amide bonds. The quantitative estimate of drug-likeness (QED) is 0.737. The molecule has 1 aromatic rings. The van der Waals surface area contributed by atoms with Gasteiger partial charge in [-0.15, -0.1) is 0 Å². The summed E-state index contributed by atoms with van der Waals surface area (Å²) < 4.78 is 0.906. The second kappa shape index (κ2) is 8.01. The number of carbonyl (C=O) groups is 2. The number of nitrogens with two attached hydrogens (primary N) is 1. The molecule has 4 N–H and O–H groups in total. The minimum Gasteiger partial charge on any atom is -0.355 e. The van der Waals surface area contributed by atoms with E-state index in [1.165, 1.54) is 0 Å². The van der Waals surface area contributed by atoms with Gasteiger partial charge in [-0.3, -0.25) is 9.59 Å². The van der Waals surface area contributed by atoms with Crippen molar-refractivity contribution < 1.29 is 9.59 Å². The van der Waals surface area contributed by atoms with Gasteiger partial charge >= 0.3 is 0 Å². The summed E-state index contributed by atoms with van der Waals surface area (Å²) in [6.07, 6.45) is 0.231. The maximum atomic E-state index is 11.8. The van der Waals surface area contributed by atoms with Crippen LogP contribution >= 0.6 is 15.9 Å². The van der Waals surface area contributed by atoms with Gasteiger partial charge in [-0.2, -0.15) is 0 Å². The highest BCUT2D eigenvalue weighted by Crippen LogP contribution is 2.20. The van der Waals surface area contributed by atoms with Crippen molar-refractivity contribution >= 4 is 33.4 Å². The van der Waals surface area contributed by atoms with Crippen LogP contribution in [0.5, 0.6) is 0 Å². The molecule has 0 aliphatic heterocycles. The second-order valence-electron chi connectivity index (χ2n) is 4.69. The van der Waals surface area contributed by atoms with E-state index in [1.54, 1.807) is 6.92 Å². The monoisotopic (exact) mass is 341 g/mol. The number of anilines is 1. The third-order valence-electron chi connectivity index (χ3n) is 2.93. The van der Waals surface area contributed by atoms with E-state index in [0.717, 1.165) is 15.7 Å². The number of amides is 2. The van der Waals surface area contributed by atoms with E-state index in [9.17, 15) is 9.59 Å². The first-order valence-electron chi connectivity index (χ1n) is 6.47. The predicted octanol–water partition coefficient (Wildman–Crippen LogP) is 1.80. The number of aryl methyl sites for hydroxylation is 1. The number of rotatable bonds is 6. The molecule has 0 saturated heterocycles. The fourth-order valence-corrected chi connectivity index (χ4v) is 1.88. The van der Waals surface area contributed by atoms with Crippen molar-refractivity contribution in [2.24, 2.45) is 11.7 Å². The molecule has 0 saturated carbocycles. The molecule has 20 heavy (non-hydrogen) atoms. The van der Waals surface area contributed by atoms with E-state index in [-0.39, 0.29) is 24.2 Å². The summed E-state index contributed by atoms with van der Waals surface area (Å²) in [4.78, 5) is 23.3. The molecule has 5 nitrogen and oxygen atoms in total. The largest absolute Gasteiger partial charge is 0.355 e. The zero-order valence-electron chi connectivity index (χ0n) is 11.7. The minimum absolute atomic E-state index is 0.126. The fraction of sp³-hybridized carbons (Fsp3) is 0.429. The molecule has 110 valence electrons. The Labute approximate surface area is 127 Å². The van der Waals surface area contributed by atoms with Gasteiger partial charge in [0.2, 0.25) is 11.8 Å². The van der Waals surface area contributed by atoms with Gasteiger partial charge in [0.15, 0.2) is 0 Å². The highest BCUT2D eigenvalue weighted by molar-refractivity contribution is 9.10. The molecule has 0 fully saturated rings. The van der Waals surface area contributed by atoms with Crippen molar-refractivity contribution in [1.29, 1.82) is 0 Å². The van der Waals surface area contributed by atoms with Crippen molar-refractivity contribution in [3.05, 3.63) is 28.2 Å². The van der Waals surface area contributed by atoms with E-state index >= 15 is 0 Å². The van der Waals surface area contributed by atoms with Crippen LogP contribution in [0.15, 0.2) is 22.7 Å². The summed E-state index contributed by atoms with van der Waals surface area (Å²) in [5, 5.41) is 5.51. The van der Waals surface area contributed by atoms with Crippen LogP contribution in [0.2, 0.25) is 0 Å². The molecule has 0 aliphatic carbocycles. The van der Waals surface area contributed by atoms with Gasteiger partial charge in [0, 0.05) is 35.6 Å². The number of carbonyl (C=O) groups excluding carboxylic acids is 2. The van der Waals surface area contributed by atoms with Crippen LogP contribution in [-0.2, 0) is 9.59 Å². The molecule has 6 heteroatoms. The Morgan fingerprint density at radius 1 is 1.40 bits per heavy atom. The van der Waals surface area contributed by atoms with Crippen molar-refractivity contribution in [1.82, 2.24) is 5.32 Å². The molecule has 0 heterocycles. The molecule has 0 aromatic heterocycles. The third-order valence-corrected chi connectivity index (χ3v) is 3.42. The zero-order chi connectivity index (χ0) is 15.1. The van der Waals surface area contributed by atoms with Crippen LogP contribution in [0, 0.1) is 12.8 Å². The topological polar surface area (TPSA) is 84.2 Å². The number of hydrogen-bond donors (Lipinski definition) is 3. The van der Waals surface area contributed by atoms with Crippen LogP contribution < -0.4 is 16.4 Å². The lowest BCUT2D eigenvalue weighted by atomic mass is 10.1. The Hall–Kier alpha value is -1.40. The van der Waals surface area contributed by atoms with E-state index in [4.69, 9.17) is 5.73 Å². The summed E-state index contributed by atoms with van der Waals surface area (Å²) in [7, 11) is 0. The molecule has 0 bridgehead atoms. The van der Waals surface area contributed by atoms with Crippen LogP contribution in [0.1, 0.15) is 18.9 Å². The highest BCUT2D eigenvalue weighted by Gasteiger charge is 2.11. The standard InChI is InChI=1S/C14H20BrN3O2/c1-9-3-4-11(15)7-12(9)18-13(19)5-6-17-14(20)10(2)8-16/h3-4,7,10H,5-6,8,16H2,1-2H3,(H,17,20)(H,18,19). The van der Waals surface area contributed by atoms with Crippen molar-refractivity contribution in [3.63, 3.8) is 0 Å². The zero-order valence-corrected chi connectivity index (χ0v) is 13.3. The number of nitrogens with one attached hydrogen (secondary N) is 2. The predicted molar refractivity (Wildman–Crippen MR) is 83.4 cm³/mol. The van der Waals surface area contributed by atoms with Gasteiger partial charge in [-0.1, -0.05) is 28.9 Å². The van der Waals surface area contributed by atoms with Crippen LogP contribution in [0.25, 0.3) is 0 Å². The maximum Gasteiger partial charge on any atom is 0.226 e. The smallest absolute Gasteiger partial charge is 0.226 e. The lowest BCUT2D eigenvalue weighted by Gasteiger charge is -2.11. The molecule has 0 aliphatic rings. The summed E-state index contributed by atoms with van der Waals surface area (Å²) in [6, 6.07) is 5.69. The Morgan fingerprint density at radius 2 is 2.10 bits per heavy atom. The normalized spacial score (nSPS) is 11.8. The van der Waals surface area contributed by atoms with E-state index < -0.39 is 0 Å². The minimum atomic E-state index is -0.231. The molecular formula is C14H20BrN3O2. The molecule has 1 unspecified atom stereocenters. The summed E-state index contributed by atoms with van der Waals surface area (Å²) in [6.45, 7) is 4.28. The number of halogens is 1. The van der Waals surface area contributed by atoms with Gasteiger partial charge in [0.25, 0.3) is 0 Å². The van der Waals surface area contributed by atoms with E-state index in [0.29, 0.717) is 13.1 Å². The lowest BCUT2D eigenvalue weighted by molar-refractivity contribution is -0.124. The lowest BCUT2D eigenvalue weighted by Crippen LogP contribution is -2.35. The molecule has 0 spiro atoms. The average molecular weight is 342 g/mol. The first-order chi connectivity index (χ1) is 9.43. The summed E-state index contributed by atoms with van der Waals surface area (Å²) in [5.74, 6) is -0.490. The number of hydrogen-bond acceptors (Lipinski definition) is 3. The molecule has 0 radical (unpaired) electrons. The van der Waals surface area contributed by atoms with E-state index in [2.05, 4.69) is 26.6 Å². The van der Waals surface area contributed by atoms with Gasteiger partial charge in [-0.05, 0) is 24.6 Å². The first-order valence-corrected chi connectivity index (χ1v) is 7.27. The Balaban J connectivity index is 2.41. The SMILES string of the molecule is Cc1ccc(Br)cc1NC(=O)CCNC(=O)C(C)CN. The first kappa shape index (κ1) is 16.7. The molecule has 1 aromatic carbocycles. The average Bonchev–Trinajstić information content (AvgIpc) is 2.41. The Kier molecular flexibility index (Phi) is 6.67. The van der Waals surface area contributed by atoms with Gasteiger partial charge in [0.05, 0.1) is 0 Å². The van der Waals surface area contributed by atoms with Crippen LogP contribution in [0.4, 0.5) is 5.69 Å². The summed E-state index contributed by atoms with van der Waals surface area (Å²) >= 11 is 3.36. The van der Waals surface area contributed by atoms with Gasteiger partial charge < -0.3 is 16.4 Å². The Bertz CT molecular complexity index is 491. The molecular weight excluding hydrogens is 322 g/mol. The van der Waals surface area contributed by atoms with Crippen molar-refractivity contribution in [2.45, 2.75) is 20.3 Å². The maximum absolute atomic E-state index is 11.8. The number of benzene rings is 1. The van der Waals surface area contributed by atoms with Crippen LogP contribution in [0.3, 0.4) is 0 Å². The Morgan fingerprint density at radius 3 is 2.75 bits per heavy atom. The highest BCUT2D eigenvalue weighted by atomic mass is 79.9. The van der Waals surface area contributed by atoms with Crippen molar-refractivity contribution in [3.8, 4) is 0 Å². The van der Waals surface area contributed by atoms with Gasteiger partial charge in [-0.25, -0.2) is 0 Å². The molecule has 1 atom stereocenters. The molecule has 1 rings (SSSR count). The summed E-state index contributed by atoms with van der Waals surface area (Å²) in [5.41, 5.74) is 7.15. The van der Waals surface area contributed by atoms with E-state index in [1.807, 2.05) is 25.1 Å². The third kappa shape index (κ3) is 5.30. The van der Waals surface area contributed by atoms with Crippen LogP contribution in [-0.4, -0.2) is 24.9 Å². The fourth-order valence-electron chi connectivity index (χ4n) is 1.52. The van der Waals surface area contributed by atoms with Crippen molar-refractivity contribution in [2.75, 3.05) is 18.4 Å². The van der Waals surface area contributed by atoms with Gasteiger partial charge in [0.1, 0.15) is 0 Å². The second-order valence-corrected chi connectivity index (χ2v) is 5.60.